The largest absolute Gasteiger partial charge is 0.479 e. The molecule has 0 spiro atoms. The highest BCUT2D eigenvalue weighted by Crippen LogP contribution is 2.42. The Hall–Kier alpha value is -1.35. The van der Waals surface area contributed by atoms with Crippen LogP contribution in [0.15, 0.2) is 30.3 Å². The third kappa shape index (κ3) is 1.95. The van der Waals surface area contributed by atoms with Gasteiger partial charge in [0.05, 0.1) is 0 Å². The van der Waals surface area contributed by atoms with Crippen molar-refractivity contribution in [2.45, 2.75) is 24.9 Å². The van der Waals surface area contributed by atoms with Gasteiger partial charge in [0, 0.05) is 7.11 Å². The number of benzene rings is 1. The molecular formula is C13H16O3. The van der Waals surface area contributed by atoms with E-state index in [0.29, 0.717) is 12.3 Å². The minimum atomic E-state index is -1.16. The highest BCUT2D eigenvalue weighted by molar-refractivity contribution is 5.79. The molecule has 1 aromatic carbocycles. The molecule has 1 aliphatic carbocycles. The van der Waals surface area contributed by atoms with Crippen LogP contribution in [0.1, 0.15) is 24.8 Å². The van der Waals surface area contributed by atoms with Crippen molar-refractivity contribution in [3.63, 3.8) is 0 Å². The molecule has 0 radical (unpaired) electrons. The quantitative estimate of drug-likeness (QED) is 0.828. The van der Waals surface area contributed by atoms with Crippen LogP contribution in [-0.4, -0.2) is 18.2 Å². The zero-order valence-corrected chi connectivity index (χ0v) is 9.35. The Labute approximate surface area is 95.0 Å². The first-order valence-corrected chi connectivity index (χ1v) is 5.53. The minimum absolute atomic E-state index is 0.497. The summed E-state index contributed by atoms with van der Waals surface area (Å²) < 4.78 is 5.34. The average molecular weight is 220 g/mol. The molecule has 3 nitrogen and oxygen atoms in total. The summed E-state index contributed by atoms with van der Waals surface area (Å²) in [7, 11) is 1.48. The van der Waals surface area contributed by atoms with Crippen molar-refractivity contribution in [3.05, 3.63) is 35.9 Å². The number of hydrogen-bond acceptors (Lipinski definition) is 2. The lowest BCUT2D eigenvalue weighted by Crippen LogP contribution is -2.38. The number of rotatable bonds is 5. The summed E-state index contributed by atoms with van der Waals surface area (Å²) in [6, 6.07) is 9.21. The molecular weight excluding hydrogens is 204 g/mol. The Morgan fingerprint density at radius 1 is 1.44 bits per heavy atom. The van der Waals surface area contributed by atoms with Crippen LogP contribution in [0.5, 0.6) is 0 Å². The predicted molar refractivity (Wildman–Crippen MR) is 60.1 cm³/mol. The third-order valence-corrected chi connectivity index (χ3v) is 3.21. The number of carboxylic acids is 1. The van der Waals surface area contributed by atoms with Crippen LogP contribution in [0.2, 0.25) is 0 Å². The second-order valence-electron chi connectivity index (χ2n) is 4.35. The fourth-order valence-corrected chi connectivity index (χ4v) is 2.05. The molecule has 0 bridgehead atoms. The Balaban J connectivity index is 2.35. The minimum Gasteiger partial charge on any atom is -0.479 e. The number of carbonyl (C=O) groups is 1. The lowest BCUT2D eigenvalue weighted by molar-refractivity contribution is -0.165. The zero-order chi connectivity index (χ0) is 11.6. The van der Waals surface area contributed by atoms with Crippen molar-refractivity contribution in [1.82, 2.24) is 0 Å². The van der Waals surface area contributed by atoms with Gasteiger partial charge in [0.2, 0.25) is 0 Å². The Morgan fingerprint density at radius 2 is 2.06 bits per heavy atom. The molecule has 1 unspecified atom stereocenters. The van der Waals surface area contributed by atoms with Gasteiger partial charge in [0.15, 0.2) is 5.60 Å². The molecule has 1 saturated carbocycles. The van der Waals surface area contributed by atoms with Gasteiger partial charge in [0.1, 0.15) is 0 Å². The molecule has 0 aliphatic heterocycles. The fourth-order valence-electron chi connectivity index (χ4n) is 2.05. The van der Waals surface area contributed by atoms with Crippen molar-refractivity contribution in [3.8, 4) is 0 Å². The van der Waals surface area contributed by atoms with Crippen LogP contribution >= 0.6 is 0 Å². The summed E-state index contributed by atoms with van der Waals surface area (Å²) in [5, 5.41) is 9.43. The first-order chi connectivity index (χ1) is 7.69. The first-order valence-electron chi connectivity index (χ1n) is 5.53. The first kappa shape index (κ1) is 11.1. The third-order valence-electron chi connectivity index (χ3n) is 3.21. The summed E-state index contributed by atoms with van der Waals surface area (Å²) in [4.78, 5) is 11.5. The number of aliphatic carboxylic acids is 1. The van der Waals surface area contributed by atoms with E-state index in [-0.39, 0.29) is 0 Å². The topological polar surface area (TPSA) is 46.5 Å². The van der Waals surface area contributed by atoms with Crippen molar-refractivity contribution in [2.75, 3.05) is 7.11 Å². The van der Waals surface area contributed by atoms with E-state index in [1.165, 1.54) is 7.11 Å². The summed E-state index contributed by atoms with van der Waals surface area (Å²) in [6.07, 6.45) is 2.80. The lowest BCUT2D eigenvalue weighted by Gasteiger charge is -2.28. The number of methoxy groups -OCH3 is 1. The fraction of sp³-hybridized carbons (Fsp3) is 0.462. The van der Waals surface area contributed by atoms with E-state index in [2.05, 4.69) is 0 Å². The maximum Gasteiger partial charge on any atom is 0.340 e. The highest BCUT2D eigenvalue weighted by Gasteiger charge is 2.44. The van der Waals surface area contributed by atoms with E-state index in [9.17, 15) is 9.90 Å². The Kier molecular flexibility index (Phi) is 2.97. The molecule has 1 fully saturated rings. The molecule has 3 heteroatoms. The van der Waals surface area contributed by atoms with E-state index in [0.717, 1.165) is 18.4 Å². The van der Waals surface area contributed by atoms with Crippen LogP contribution in [0.4, 0.5) is 0 Å². The molecule has 1 N–H and O–H groups in total. The SMILES string of the molecule is COC(CC1CC1)(C(=O)O)c1ccccc1. The van der Waals surface area contributed by atoms with Crippen LogP contribution in [0.25, 0.3) is 0 Å². The van der Waals surface area contributed by atoms with E-state index >= 15 is 0 Å². The van der Waals surface area contributed by atoms with Crippen molar-refractivity contribution in [2.24, 2.45) is 5.92 Å². The van der Waals surface area contributed by atoms with E-state index in [1.54, 1.807) is 0 Å². The van der Waals surface area contributed by atoms with Crippen LogP contribution < -0.4 is 0 Å². The van der Waals surface area contributed by atoms with E-state index in [4.69, 9.17) is 4.74 Å². The molecule has 0 saturated heterocycles. The summed E-state index contributed by atoms with van der Waals surface area (Å²) in [5.41, 5.74) is -0.431. The average Bonchev–Trinajstić information content (AvgIpc) is 3.10. The van der Waals surface area contributed by atoms with Crippen molar-refractivity contribution < 1.29 is 14.6 Å². The number of carboxylic acid groups (broad SMARTS) is 1. The molecule has 2 rings (SSSR count). The normalized spacial score (nSPS) is 19.1. The van der Waals surface area contributed by atoms with Gasteiger partial charge >= 0.3 is 5.97 Å². The van der Waals surface area contributed by atoms with Gasteiger partial charge in [-0.3, -0.25) is 0 Å². The maximum atomic E-state index is 11.5. The van der Waals surface area contributed by atoms with Gasteiger partial charge in [-0.25, -0.2) is 4.79 Å². The Morgan fingerprint density at radius 3 is 2.50 bits per heavy atom. The highest BCUT2D eigenvalue weighted by atomic mass is 16.5. The molecule has 16 heavy (non-hydrogen) atoms. The molecule has 0 aromatic heterocycles. The van der Waals surface area contributed by atoms with E-state index in [1.807, 2.05) is 30.3 Å². The zero-order valence-electron chi connectivity index (χ0n) is 9.35. The van der Waals surface area contributed by atoms with Crippen molar-refractivity contribution in [1.29, 1.82) is 0 Å². The molecule has 1 aliphatic rings. The smallest absolute Gasteiger partial charge is 0.340 e. The van der Waals surface area contributed by atoms with Gasteiger partial charge in [-0.2, -0.15) is 0 Å². The Bertz CT molecular complexity index is 370. The van der Waals surface area contributed by atoms with Gasteiger partial charge in [0.25, 0.3) is 0 Å². The van der Waals surface area contributed by atoms with E-state index < -0.39 is 11.6 Å². The second kappa shape index (κ2) is 4.26. The summed E-state index contributed by atoms with van der Waals surface area (Å²) in [6.45, 7) is 0. The van der Waals surface area contributed by atoms with Crippen LogP contribution in [0.3, 0.4) is 0 Å². The maximum absolute atomic E-state index is 11.5. The van der Waals surface area contributed by atoms with Crippen molar-refractivity contribution >= 4 is 5.97 Å². The van der Waals surface area contributed by atoms with Gasteiger partial charge in [-0.1, -0.05) is 43.2 Å². The molecule has 0 amide bonds. The van der Waals surface area contributed by atoms with Crippen LogP contribution in [0, 0.1) is 5.92 Å². The summed E-state index contributed by atoms with van der Waals surface area (Å²) in [5.74, 6) is -0.399. The van der Waals surface area contributed by atoms with Crippen LogP contribution in [-0.2, 0) is 15.1 Å². The molecule has 0 heterocycles. The van der Waals surface area contributed by atoms with Gasteiger partial charge < -0.3 is 9.84 Å². The van der Waals surface area contributed by atoms with Gasteiger partial charge in [-0.15, -0.1) is 0 Å². The monoisotopic (exact) mass is 220 g/mol. The number of hydrogen-bond donors (Lipinski definition) is 1. The molecule has 86 valence electrons. The molecule has 1 aromatic rings. The predicted octanol–water partition coefficient (Wildman–Crippen LogP) is 2.41. The number of ether oxygens (including phenoxy) is 1. The summed E-state index contributed by atoms with van der Waals surface area (Å²) >= 11 is 0. The lowest BCUT2D eigenvalue weighted by atomic mass is 9.88. The second-order valence-corrected chi connectivity index (χ2v) is 4.35. The standard InChI is InChI=1S/C13H16O3/c1-16-13(12(14)15,9-10-7-8-10)11-5-3-2-4-6-11/h2-6,10H,7-9H2,1H3,(H,14,15). The van der Waals surface area contributed by atoms with Gasteiger partial charge in [-0.05, 0) is 17.9 Å². The molecule has 1 atom stereocenters.